The molecule has 0 atom stereocenters. The lowest BCUT2D eigenvalue weighted by Gasteiger charge is -2.13. The van der Waals surface area contributed by atoms with Crippen LogP contribution in [-0.2, 0) is 4.79 Å². The molecule has 0 bridgehead atoms. The van der Waals surface area contributed by atoms with Gasteiger partial charge in [-0.05, 0) is 47.5 Å². The normalized spacial score (nSPS) is 10.4. The molecule has 8 nitrogen and oxygen atoms in total. The molecule has 38 heavy (non-hydrogen) atoms. The zero-order chi connectivity index (χ0) is 27.1. The van der Waals surface area contributed by atoms with Crippen LogP contribution in [0.1, 0.15) is 20.7 Å². The number of halogens is 2. The van der Waals surface area contributed by atoms with Gasteiger partial charge in [-0.1, -0.05) is 77.8 Å². The number of para-hydroxylation sites is 2. The van der Waals surface area contributed by atoms with Crippen molar-refractivity contribution in [2.75, 3.05) is 6.61 Å². The first-order chi connectivity index (χ1) is 18.3. The fourth-order valence-electron chi connectivity index (χ4n) is 3.37. The van der Waals surface area contributed by atoms with Gasteiger partial charge in [-0.15, -0.1) is 0 Å². The first-order valence-corrected chi connectivity index (χ1v) is 11.9. The van der Waals surface area contributed by atoms with Crippen molar-refractivity contribution in [1.82, 2.24) is 10.9 Å². The van der Waals surface area contributed by atoms with Crippen molar-refractivity contribution in [1.29, 1.82) is 0 Å². The van der Waals surface area contributed by atoms with Gasteiger partial charge in [0.25, 0.3) is 11.8 Å². The molecule has 0 heterocycles. The first-order valence-electron chi connectivity index (χ1n) is 11.2. The van der Waals surface area contributed by atoms with E-state index in [1.54, 1.807) is 12.1 Å². The Kier molecular flexibility index (Phi) is 8.47. The minimum Gasteiger partial charge on any atom is -0.505 e. The molecule has 0 fully saturated rings. The molecule has 0 saturated carbocycles. The van der Waals surface area contributed by atoms with Crippen LogP contribution in [0.2, 0.25) is 10.0 Å². The number of aromatic hydroxyl groups is 1. The maximum atomic E-state index is 12.7. The van der Waals surface area contributed by atoms with Crippen LogP contribution in [0.4, 0.5) is 0 Å². The van der Waals surface area contributed by atoms with Crippen molar-refractivity contribution in [3.8, 4) is 28.4 Å². The lowest BCUT2D eigenvalue weighted by Crippen LogP contribution is -2.44. The van der Waals surface area contributed by atoms with Crippen LogP contribution in [0.3, 0.4) is 0 Å². The number of benzene rings is 4. The Hall–Kier alpha value is -4.53. The fourth-order valence-corrected chi connectivity index (χ4v) is 3.76. The second kappa shape index (κ2) is 12.1. The number of hydrogen-bond acceptors (Lipinski definition) is 6. The van der Waals surface area contributed by atoms with E-state index in [9.17, 15) is 19.5 Å². The van der Waals surface area contributed by atoms with Crippen molar-refractivity contribution < 1.29 is 29.0 Å². The van der Waals surface area contributed by atoms with Gasteiger partial charge in [0.2, 0.25) is 0 Å². The van der Waals surface area contributed by atoms with Crippen LogP contribution >= 0.6 is 23.2 Å². The number of phenols is 1. The van der Waals surface area contributed by atoms with Crippen LogP contribution < -0.4 is 20.3 Å². The minimum absolute atomic E-state index is 0.0406. The van der Waals surface area contributed by atoms with Crippen LogP contribution in [-0.4, -0.2) is 29.5 Å². The fraction of sp³-hybridized carbons (Fsp3) is 0.0357. The van der Waals surface area contributed by atoms with Gasteiger partial charge in [-0.2, -0.15) is 0 Å². The van der Waals surface area contributed by atoms with Crippen LogP contribution in [0, 0.1) is 0 Å². The van der Waals surface area contributed by atoms with Gasteiger partial charge in [0, 0.05) is 0 Å². The maximum absolute atomic E-state index is 12.7. The summed E-state index contributed by atoms with van der Waals surface area (Å²) in [6.45, 7) is -0.365. The topological polar surface area (TPSA) is 114 Å². The SMILES string of the molecule is O=C(COc1ccc(-c2ccccc2)cc1)NNC(=O)c1cccc(Cl)c1OC(=O)c1cccc(Cl)c1O. The van der Waals surface area contributed by atoms with Gasteiger partial charge in [0.05, 0.1) is 15.6 Å². The molecule has 0 aliphatic heterocycles. The zero-order valence-electron chi connectivity index (χ0n) is 19.6. The summed E-state index contributed by atoms with van der Waals surface area (Å²) in [5.74, 6) is -2.68. The molecule has 10 heteroatoms. The number of hydrazine groups is 1. The average Bonchev–Trinajstić information content (AvgIpc) is 2.93. The Balaban J connectivity index is 1.34. The van der Waals surface area contributed by atoms with Crippen LogP contribution in [0.25, 0.3) is 11.1 Å². The summed E-state index contributed by atoms with van der Waals surface area (Å²) in [4.78, 5) is 37.5. The molecule has 2 amide bonds. The molecule has 0 saturated heterocycles. The molecule has 4 aromatic carbocycles. The van der Waals surface area contributed by atoms with Gasteiger partial charge in [0.15, 0.2) is 12.4 Å². The van der Waals surface area contributed by atoms with E-state index in [1.807, 2.05) is 42.5 Å². The number of amides is 2. The van der Waals surface area contributed by atoms with E-state index < -0.39 is 23.5 Å². The van der Waals surface area contributed by atoms with Gasteiger partial charge in [-0.3, -0.25) is 20.4 Å². The molecule has 192 valence electrons. The van der Waals surface area contributed by atoms with Crippen molar-refractivity contribution in [3.63, 3.8) is 0 Å². The van der Waals surface area contributed by atoms with Crippen LogP contribution in [0.5, 0.6) is 17.2 Å². The average molecular weight is 551 g/mol. The Morgan fingerprint density at radius 2 is 1.34 bits per heavy atom. The monoisotopic (exact) mass is 550 g/mol. The molecule has 0 aliphatic carbocycles. The molecule has 4 rings (SSSR count). The van der Waals surface area contributed by atoms with E-state index in [0.29, 0.717) is 5.75 Å². The number of carbonyl (C=O) groups is 3. The molecular formula is C28H20Cl2N2O6. The summed E-state index contributed by atoms with van der Waals surface area (Å²) in [5, 5.41) is 9.95. The van der Waals surface area contributed by atoms with Gasteiger partial charge >= 0.3 is 5.97 Å². The van der Waals surface area contributed by atoms with Gasteiger partial charge in [-0.25, -0.2) is 4.79 Å². The lowest BCUT2D eigenvalue weighted by molar-refractivity contribution is -0.123. The third kappa shape index (κ3) is 6.42. The second-order valence-electron chi connectivity index (χ2n) is 7.82. The lowest BCUT2D eigenvalue weighted by atomic mass is 10.1. The quantitative estimate of drug-likeness (QED) is 0.161. The zero-order valence-corrected chi connectivity index (χ0v) is 21.1. The largest absolute Gasteiger partial charge is 0.505 e. The highest BCUT2D eigenvalue weighted by molar-refractivity contribution is 6.33. The summed E-state index contributed by atoms with van der Waals surface area (Å²) in [5.41, 5.74) is 6.16. The number of esters is 1. The van der Waals surface area contributed by atoms with Gasteiger partial charge < -0.3 is 14.6 Å². The molecule has 0 spiro atoms. The Morgan fingerprint density at radius 3 is 2.05 bits per heavy atom. The van der Waals surface area contributed by atoms with E-state index in [4.69, 9.17) is 32.7 Å². The van der Waals surface area contributed by atoms with Crippen molar-refractivity contribution >= 4 is 41.0 Å². The third-order valence-electron chi connectivity index (χ3n) is 5.26. The standard InChI is InChI=1S/C28H20Cl2N2O6/c29-22-10-4-8-20(25(22)34)28(36)38-26-21(9-5-11-23(26)30)27(35)32-31-24(33)16-37-19-14-12-18(13-15-19)17-6-2-1-3-7-17/h1-15,34H,16H2,(H,31,33)(H,32,35). The summed E-state index contributed by atoms with van der Waals surface area (Å²) in [7, 11) is 0. The summed E-state index contributed by atoms with van der Waals surface area (Å²) in [6.07, 6.45) is 0. The molecule has 0 aliphatic rings. The number of carbonyl (C=O) groups excluding carboxylic acids is 3. The third-order valence-corrected chi connectivity index (χ3v) is 5.86. The van der Waals surface area contributed by atoms with E-state index in [-0.39, 0.29) is 33.5 Å². The summed E-state index contributed by atoms with van der Waals surface area (Å²) in [6, 6.07) is 25.4. The van der Waals surface area contributed by atoms with E-state index in [2.05, 4.69) is 10.9 Å². The van der Waals surface area contributed by atoms with Crippen molar-refractivity contribution in [2.45, 2.75) is 0 Å². The number of nitrogens with one attached hydrogen (secondary N) is 2. The van der Waals surface area contributed by atoms with Gasteiger partial charge in [0.1, 0.15) is 17.1 Å². The number of ether oxygens (including phenoxy) is 2. The Bertz CT molecular complexity index is 1480. The smallest absolute Gasteiger partial charge is 0.347 e. The first kappa shape index (κ1) is 26.5. The predicted octanol–water partition coefficient (Wildman–Crippen LogP) is 5.43. The molecular weight excluding hydrogens is 531 g/mol. The van der Waals surface area contributed by atoms with E-state index >= 15 is 0 Å². The summed E-state index contributed by atoms with van der Waals surface area (Å²) >= 11 is 12.0. The Labute approximate surface area is 227 Å². The highest BCUT2D eigenvalue weighted by atomic mass is 35.5. The minimum atomic E-state index is -0.983. The van der Waals surface area contributed by atoms with E-state index in [0.717, 1.165) is 11.1 Å². The van der Waals surface area contributed by atoms with E-state index in [1.165, 1.54) is 36.4 Å². The molecule has 0 aromatic heterocycles. The van der Waals surface area contributed by atoms with Crippen LogP contribution in [0.15, 0.2) is 91.0 Å². The van der Waals surface area contributed by atoms with Crippen molar-refractivity contribution in [3.05, 3.63) is 112 Å². The molecule has 0 radical (unpaired) electrons. The Morgan fingerprint density at radius 1 is 0.711 bits per heavy atom. The summed E-state index contributed by atoms with van der Waals surface area (Å²) < 4.78 is 10.8. The highest BCUT2D eigenvalue weighted by Crippen LogP contribution is 2.32. The predicted molar refractivity (Wildman–Crippen MR) is 143 cm³/mol. The molecule has 4 aromatic rings. The number of phenolic OH excluding ortho intramolecular Hbond substituents is 1. The highest BCUT2D eigenvalue weighted by Gasteiger charge is 2.22. The number of hydrogen-bond donors (Lipinski definition) is 3. The second-order valence-corrected chi connectivity index (χ2v) is 8.64. The van der Waals surface area contributed by atoms with Crippen molar-refractivity contribution in [2.24, 2.45) is 0 Å². The maximum Gasteiger partial charge on any atom is 0.347 e. The molecule has 3 N–H and O–H groups in total. The molecule has 0 unspecified atom stereocenters. The number of rotatable bonds is 7.